The van der Waals surface area contributed by atoms with Crippen LogP contribution < -0.4 is 15.4 Å². The number of benzene rings is 2. The third-order valence-electron chi connectivity index (χ3n) is 4.08. The molecule has 9 heteroatoms. The summed E-state index contributed by atoms with van der Waals surface area (Å²) in [5.41, 5.74) is 1.44. The van der Waals surface area contributed by atoms with Gasteiger partial charge >= 0.3 is 0 Å². The first kappa shape index (κ1) is 21.0. The fourth-order valence-corrected chi connectivity index (χ4v) is 4.06. The van der Waals surface area contributed by atoms with Gasteiger partial charge < -0.3 is 15.4 Å². The summed E-state index contributed by atoms with van der Waals surface area (Å²) in [5, 5.41) is 10.5. The number of amides is 2. The maximum Gasteiger partial charge on any atom is 0.275 e. The van der Waals surface area contributed by atoms with Crippen molar-refractivity contribution < 1.29 is 14.3 Å². The van der Waals surface area contributed by atoms with Gasteiger partial charge in [-0.15, -0.1) is 22.7 Å². The lowest BCUT2D eigenvalue weighted by Gasteiger charge is -2.07. The van der Waals surface area contributed by atoms with Crippen LogP contribution in [0.25, 0.3) is 0 Å². The van der Waals surface area contributed by atoms with Crippen LogP contribution in [0.4, 0.5) is 11.4 Å². The quantitative estimate of drug-likeness (QED) is 0.351. The Morgan fingerprint density at radius 1 is 0.935 bits per heavy atom. The second kappa shape index (κ2) is 9.74. The van der Waals surface area contributed by atoms with Gasteiger partial charge in [0.05, 0.1) is 4.88 Å². The van der Waals surface area contributed by atoms with Crippen molar-refractivity contribution in [2.75, 3.05) is 10.6 Å². The molecule has 2 aromatic heterocycles. The van der Waals surface area contributed by atoms with Crippen molar-refractivity contribution in [2.24, 2.45) is 0 Å². The fraction of sp³-hybridized carbons (Fsp3) is 0.0455. The van der Waals surface area contributed by atoms with Gasteiger partial charge in [-0.3, -0.25) is 9.59 Å². The van der Waals surface area contributed by atoms with Gasteiger partial charge in [-0.1, -0.05) is 23.7 Å². The number of nitrogens with one attached hydrogen (secondary N) is 2. The largest absolute Gasteiger partial charge is 0.486 e. The highest BCUT2D eigenvalue weighted by molar-refractivity contribution is 7.12. The summed E-state index contributed by atoms with van der Waals surface area (Å²) in [6, 6.07) is 17.6. The average Bonchev–Trinajstić information content (AvgIpc) is 3.46. The summed E-state index contributed by atoms with van der Waals surface area (Å²) in [7, 11) is 0. The number of anilines is 2. The second-order valence-electron chi connectivity index (χ2n) is 6.34. The third kappa shape index (κ3) is 5.69. The number of rotatable bonds is 7. The van der Waals surface area contributed by atoms with Crippen LogP contribution in [0.2, 0.25) is 5.02 Å². The zero-order chi connectivity index (χ0) is 21.6. The van der Waals surface area contributed by atoms with Crippen molar-refractivity contribution in [3.05, 3.63) is 92.0 Å². The average molecular weight is 470 g/mol. The monoisotopic (exact) mass is 469 g/mol. The van der Waals surface area contributed by atoms with E-state index in [-0.39, 0.29) is 18.4 Å². The number of nitrogens with zero attached hydrogens (tertiary/aromatic N) is 1. The lowest BCUT2D eigenvalue weighted by Crippen LogP contribution is -2.14. The Kier molecular flexibility index (Phi) is 6.61. The van der Waals surface area contributed by atoms with Crippen molar-refractivity contribution in [2.45, 2.75) is 6.61 Å². The molecule has 4 rings (SSSR count). The fourth-order valence-electron chi connectivity index (χ4n) is 2.63. The summed E-state index contributed by atoms with van der Waals surface area (Å²) in [6.45, 7) is 0.254. The standard InChI is InChI=1S/C22H16ClN3O3S2/c23-14-6-8-17(9-7-14)29-12-20-26-18(13-31-20)21(27)24-15-3-1-4-16(11-15)25-22(28)19-5-2-10-30-19/h1-11,13H,12H2,(H,24,27)(H,25,28). The Morgan fingerprint density at radius 2 is 1.68 bits per heavy atom. The van der Waals surface area contributed by atoms with Gasteiger partial charge in [-0.2, -0.15) is 0 Å². The van der Waals surface area contributed by atoms with E-state index in [0.29, 0.717) is 37.7 Å². The molecule has 156 valence electrons. The molecule has 2 aromatic carbocycles. The van der Waals surface area contributed by atoms with Crippen LogP contribution in [-0.2, 0) is 6.61 Å². The summed E-state index contributed by atoms with van der Waals surface area (Å²) >= 11 is 8.57. The number of ether oxygens (including phenoxy) is 1. The van der Waals surface area contributed by atoms with Crippen LogP contribution >= 0.6 is 34.3 Å². The lowest BCUT2D eigenvalue weighted by atomic mass is 10.2. The first-order valence-electron chi connectivity index (χ1n) is 9.16. The molecule has 0 saturated heterocycles. The van der Waals surface area contributed by atoms with E-state index in [0.717, 1.165) is 0 Å². The third-order valence-corrected chi connectivity index (χ3v) is 6.03. The van der Waals surface area contributed by atoms with E-state index in [2.05, 4.69) is 15.6 Å². The Labute approximate surface area is 191 Å². The minimum atomic E-state index is -0.337. The van der Waals surface area contributed by atoms with Gasteiger partial charge in [0.1, 0.15) is 23.1 Å². The van der Waals surface area contributed by atoms with Crippen LogP contribution in [-0.4, -0.2) is 16.8 Å². The molecule has 0 radical (unpaired) electrons. The number of hydrogen-bond acceptors (Lipinski definition) is 6. The highest BCUT2D eigenvalue weighted by Gasteiger charge is 2.13. The Hall–Kier alpha value is -3.20. The molecule has 0 spiro atoms. The summed E-state index contributed by atoms with van der Waals surface area (Å²) in [6.07, 6.45) is 0. The molecule has 0 atom stereocenters. The molecule has 0 aliphatic carbocycles. The number of carbonyl (C=O) groups excluding carboxylic acids is 2. The first-order chi connectivity index (χ1) is 15.1. The van der Waals surface area contributed by atoms with E-state index in [4.69, 9.17) is 16.3 Å². The molecule has 2 amide bonds. The van der Waals surface area contributed by atoms with E-state index < -0.39 is 0 Å². The Balaban J connectivity index is 1.35. The molecule has 4 aromatic rings. The Morgan fingerprint density at radius 3 is 2.39 bits per heavy atom. The van der Waals surface area contributed by atoms with E-state index in [9.17, 15) is 9.59 Å². The van der Waals surface area contributed by atoms with E-state index in [1.165, 1.54) is 22.7 Å². The Bertz CT molecular complexity index is 1190. The van der Waals surface area contributed by atoms with Gasteiger partial charge in [0.2, 0.25) is 0 Å². The maximum atomic E-state index is 12.6. The number of carbonyl (C=O) groups is 2. The molecule has 6 nitrogen and oxygen atoms in total. The molecule has 0 unspecified atom stereocenters. The minimum Gasteiger partial charge on any atom is -0.486 e. The first-order valence-corrected chi connectivity index (χ1v) is 11.3. The lowest BCUT2D eigenvalue weighted by molar-refractivity contribution is 0.101. The number of thiazole rings is 1. The molecule has 0 aliphatic heterocycles. The molecule has 0 aliphatic rings. The predicted octanol–water partition coefficient (Wildman–Crippen LogP) is 5.94. The van der Waals surface area contributed by atoms with Crippen molar-refractivity contribution in [3.8, 4) is 5.75 Å². The number of aromatic nitrogens is 1. The van der Waals surface area contributed by atoms with Crippen LogP contribution in [0.1, 0.15) is 25.2 Å². The SMILES string of the molecule is O=C(Nc1cccc(NC(=O)c2cccs2)c1)c1csc(COc2ccc(Cl)cc2)n1. The van der Waals surface area contributed by atoms with Gasteiger partial charge in [-0.05, 0) is 53.9 Å². The maximum absolute atomic E-state index is 12.6. The van der Waals surface area contributed by atoms with E-state index in [1.54, 1.807) is 60.0 Å². The van der Waals surface area contributed by atoms with Crippen LogP contribution in [0, 0.1) is 0 Å². The van der Waals surface area contributed by atoms with E-state index >= 15 is 0 Å². The van der Waals surface area contributed by atoms with Gasteiger partial charge in [-0.25, -0.2) is 4.98 Å². The highest BCUT2D eigenvalue weighted by atomic mass is 35.5. The smallest absolute Gasteiger partial charge is 0.275 e. The number of hydrogen-bond donors (Lipinski definition) is 2. The highest BCUT2D eigenvalue weighted by Crippen LogP contribution is 2.20. The summed E-state index contributed by atoms with van der Waals surface area (Å²) in [5.74, 6) is 0.144. The van der Waals surface area contributed by atoms with E-state index in [1.807, 2.05) is 11.4 Å². The topological polar surface area (TPSA) is 80.3 Å². The van der Waals surface area contributed by atoms with Crippen molar-refractivity contribution in [3.63, 3.8) is 0 Å². The molecule has 0 fully saturated rings. The summed E-state index contributed by atoms with van der Waals surface area (Å²) < 4.78 is 5.66. The van der Waals surface area contributed by atoms with Crippen LogP contribution in [0.5, 0.6) is 5.75 Å². The second-order valence-corrected chi connectivity index (χ2v) is 8.66. The zero-order valence-corrected chi connectivity index (χ0v) is 18.4. The molecular weight excluding hydrogens is 454 g/mol. The molecule has 2 N–H and O–H groups in total. The minimum absolute atomic E-state index is 0.191. The molecule has 0 bridgehead atoms. The molecule has 0 saturated carbocycles. The van der Waals surface area contributed by atoms with Crippen molar-refractivity contribution in [1.29, 1.82) is 0 Å². The molecular formula is C22H16ClN3O3S2. The van der Waals surface area contributed by atoms with Gasteiger partial charge in [0.15, 0.2) is 0 Å². The van der Waals surface area contributed by atoms with Crippen LogP contribution in [0.3, 0.4) is 0 Å². The molecule has 2 heterocycles. The van der Waals surface area contributed by atoms with Crippen molar-refractivity contribution in [1.82, 2.24) is 4.98 Å². The number of halogens is 1. The van der Waals surface area contributed by atoms with Gasteiger partial charge in [0, 0.05) is 21.8 Å². The normalized spacial score (nSPS) is 10.5. The predicted molar refractivity (Wildman–Crippen MR) is 125 cm³/mol. The zero-order valence-electron chi connectivity index (χ0n) is 16.0. The summed E-state index contributed by atoms with van der Waals surface area (Å²) in [4.78, 5) is 29.7. The van der Waals surface area contributed by atoms with Gasteiger partial charge in [0.25, 0.3) is 11.8 Å². The van der Waals surface area contributed by atoms with Crippen molar-refractivity contribution >= 4 is 57.5 Å². The van der Waals surface area contributed by atoms with Crippen LogP contribution in [0.15, 0.2) is 71.4 Å². The number of thiophene rings is 1. The molecule has 31 heavy (non-hydrogen) atoms.